The maximum absolute atomic E-state index is 13.1. The molecule has 2 aliphatic rings. The van der Waals surface area contributed by atoms with Gasteiger partial charge in [0.25, 0.3) is 11.5 Å². The number of hydrogen-bond acceptors (Lipinski definition) is 10. The summed E-state index contributed by atoms with van der Waals surface area (Å²) >= 11 is 7.90. The van der Waals surface area contributed by atoms with E-state index in [2.05, 4.69) is 26.0 Å². The van der Waals surface area contributed by atoms with E-state index in [0.29, 0.717) is 52.9 Å². The Balaban J connectivity index is 1.24. The maximum atomic E-state index is 13.1. The van der Waals surface area contributed by atoms with E-state index < -0.39 is 5.91 Å². The van der Waals surface area contributed by atoms with E-state index in [9.17, 15) is 9.59 Å². The molecule has 4 aromatic rings. The summed E-state index contributed by atoms with van der Waals surface area (Å²) in [6.45, 7) is 2.06. The summed E-state index contributed by atoms with van der Waals surface area (Å²) in [6.07, 6.45) is 7.41. The molecular formula is C28H29ClN8O3S. The number of fused-ring (bicyclic) bond motifs is 2. The predicted octanol–water partition coefficient (Wildman–Crippen LogP) is 2.97. The summed E-state index contributed by atoms with van der Waals surface area (Å²) in [4.78, 5) is 46.3. The Morgan fingerprint density at radius 3 is 2.76 bits per heavy atom. The molecule has 1 atom stereocenters. The average Bonchev–Trinajstić information content (AvgIpc) is 3.25. The number of piperidine rings is 1. The molecular weight excluding hydrogens is 564 g/mol. The van der Waals surface area contributed by atoms with Crippen LogP contribution in [0.1, 0.15) is 40.6 Å². The van der Waals surface area contributed by atoms with Crippen LogP contribution in [0.25, 0.3) is 10.9 Å². The molecule has 0 saturated carbocycles. The Hall–Kier alpha value is -3.58. The van der Waals surface area contributed by atoms with Crippen molar-refractivity contribution in [3.8, 4) is 0 Å². The van der Waals surface area contributed by atoms with Gasteiger partial charge in [0.05, 0.1) is 41.6 Å². The molecule has 1 aromatic carbocycles. The second-order valence-electron chi connectivity index (χ2n) is 10.4. The number of carbonyl (C=O) groups is 1. The fourth-order valence-corrected chi connectivity index (χ4v) is 7.00. The van der Waals surface area contributed by atoms with Crippen LogP contribution in [0.15, 0.2) is 57.7 Å². The zero-order chi connectivity index (χ0) is 28.7. The lowest BCUT2D eigenvalue weighted by Crippen LogP contribution is -2.45. The fraction of sp³-hybridized carbons (Fsp3) is 0.357. The Bertz CT molecular complexity index is 1710. The molecule has 13 heteroatoms. The van der Waals surface area contributed by atoms with Gasteiger partial charge < -0.3 is 21.1 Å². The lowest BCUT2D eigenvalue weighted by atomic mass is 9.73. The van der Waals surface area contributed by atoms with Crippen LogP contribution >= 0.6 is 23.4 Å². The first-order valence-corrected chi connectivity index (χ1v) is 14.5. The van der Waals surface area contributed by atoms with Gasteiger partial charge in [-0.25, -0.2) is 15.0 Å². The normalized spacial score (nSPS) is 17.7. The highest BCUT2D eigenvalue weighted by Crippen LogP contribution is 2.50. The van der Waals surface area contributed by atoms with E-state index in [4.69, 9.17) is 27.8 Å². The second-order valence-corrected chi connectivity index (χ2v) is 11.8. The highest BCUT2D eigenvalue weighted by Gasteiger charge is 2.47. The number of halogens is 1. The molecule has 3 aromatic heterocycles. The van der Waals surface area contributed by atoms with Gasteiger partial charge >= 0.3 is 0 Å². The predicted molar refractivity (Wildman–Crippen MR) is 156 cm³/mol. The van der Waals surface area contributed by atoms with Crippen LogP contribution in [0.3, 0.4) is 0 Å². The van der Waals surface area contributed by atoms with Gasteiger partial charge in [-0.1, -0.05) is 29.4 Å². The number of hydrogen-bond donors (Lipinski definition) is 2. The van der Waals surface area contributed by atoms with E-state index in [1.165, 1.54) is 22.7 Å². The van der Waals surface area contributed by atoms with Gasteiger partial charge in [-0.3, -0.25) is 19.1 Å². The summed E-state index contributed by atoms with van der Waals surface area (Å²) in [5.74, 6) is -0.215. The number of aromatic nitrogens is 5. The van der Waals surface area contributed by atoms with Crippen molar-refractivity contribution < 1.29 is 9.53 Å². The van der Waals surface area contributed by atoms with E-state index in [-0.39, 0.29) is 27.7 Å². The first kappa shape index (κ1) is 27.6. The summed E-state index contributed by atoms with van der Waals surface area (Å²) in [5, 5.41) is 0.993. The van der Waals surface area contributed by atoms with Gasteiger partial charge in [-0.15, -0.1) is 0 Å². The van der Waals surface area contributed by atoms with Gasteiger partial charge in [0.2, 0.25) is 0 Å². The largest absolute Gasteiger partial charge is 0.383 e. The van der Waals surface area contributed by atoms with E-state index in [0.717, 1.165) is 30.5 Å². The third-order valence-electron chi connectivity index (χ3n) is 8.11. The lowest BCUT2D eigenvalue weighted by molar-refractivity contribution is 0.0994. The van der Waals surface area contributed by atoms with Crippen molar-refractivity contribution in [2.75, 3.05) is 31.7 Å². The van der Waals surface area contributed by atoms with Crippen molar-refractivity contribution in [1.29, 1.82) is 0 Å². The molecule has 4 N–H and O–H groups in total. The van der Waals surface area contributed by atoms with Crippen molar-refractivity contribution in [3.05, 3.63) is 75.3 Å². The molecule has 41 heavy (non-hydrogen) atoms. The molecule has 11 nitrogen and oxygen atoms in total. The zero-order valence-electron chi connectivity index (χ0n) is 22.4. The van der Waals surface area contributed by atoms with E-state index in [1.54, 1.807) is 25.4 Å². The van der Waals surface area contributed by atoms with Crippen LogP contribution < -0.4 is 21.9 Å². The topological polar surface area (TPSA) is 155 Å². The van der Waals surface area contributed by atoms with Gasteiger partial charge in [-0.2, -0.15) is 0 Å². The van der Waals surface area contributed by atoms with Crippen molar-refractivity contribution in [2.24, 2.45) is 16.9 Å². The number of pyridine rings is 1. The summed E-state index contributed by atoms with van der Waals surface area (Å²) in [7, 11) is 1.57. The van der Waals surface area contributed by atoms with Crippen LogP contribution in [0.4, 0.5) is 5.82 Å². The third-order valence-corrected chi connectivity index (χ3v) is 9.58. The monoisotopic (exact) mass is 592 g/mol. The molecule has 0 bridgehead atoms. The van der Waals surface area contributed by atoms with Gasteiger partial charge in [0.15, 0.2) is 11.5 Å². The fourth-order valence-electron chi connectivity index (χ4n) is 5.84. The third kappa shape index (κ3) is 4.94. The Morgan fingerprint density at radius 2 is 2.02 bits per heavy atom. The molecule has 1 aliphatic carbocycles. The number of rotatable bonds is 7. The summed E-state index contributed by atoms with van der Waals surface area (Å²) in [6, 6.07) is 7.43. The van der Waals surface area contributed by atoms with Gasteiger partial charge in [0.1, 0.15) is 5.03 Å². The minimum atomic E-state index is -0.667. The molecule has 6 rings (SSSR count). The molecule has 212 valence electrons. The molecule has 0 unspecified atom stereocenters. The van der Waals surface area contributed by atoms with Crippen molar-refractivity contribution in [1.82, 2.24) is 24.5 Å². The van der Waals surface area contributed by atoms with Crippen LogP contribution in [-0.2, 0) is 17.7 Å². The van der Waals surface area contributed by atoms with E-state index in [1.807, 2.05) is 17.2 Å². The minimum absolute atomic E-state index is 0.0624. The Kier molecular flexibility index (Phi) is 7.41. The summed E-state index contributed by atoms with van der Waals surface area (Å²) < 4.78 is 6.54. The van der Waals surface area contributed by atoms with Crippen molar-refractivity contribution in [3.63, 3.8) is 0 Å². The van der Waals surface area contributed by atoms with Crippen LogP contribution in [0, 0.1) is 5.41 Å². The van der Waals surface area contributed by atoms with Crippen LogP contribution in [-0.4, -0.2) is 57.2 Å². The number of anilines is 1. The molecule has 1 spiro atoms. The molecule has 0 radical (unpaired) electrons. The number of nitrogens with two attached hydrogens (primary N) is 2. The molecule has 1 amide bonds. The molecule has 1 fully saturated rings. The van der Waals surface area contributed by atoms with Crippen molar-refractivity contribution >= 4 is 46.0 Å². The highest BCUT2D eigenvalue weighted by atomic mass is 35.5. The number of carbonyl (C=O) groups excluding carboxylic acids is 1. The number of methoxy groups -OCH3 is 1. The van der Waals surface area contributed by atoms with Gasteiger partial charge in [-0.05, 0) is 48.4 Å². The van der Waals surface area contributed by atoms with E-state index >= 15 is 0 Å². The number of primary amides is 1. The highest BCUT2D eigenvalue weighted by molar-refractivity contribution is 7.99. The first-order valence-electron chi connectivity index (χ1n) is 13.3. The first-order chi connectivity index (χ1) is 19.8. The zero-order valence-corrected chi connectivity index (χ0v) is 24.0. The van der Waals surface area contributed by atoms with Crippen LogP contribution in [0.5, 0.6) is 0 Å². The standard InChI is InChI=1S/C28H29ClN8O3S/c1-40-12-11-37-15-34-17-4-5-19(22(29)21(17)27(37)39)41-20-14-33-26(23(35-20)25(31)38)36-9-6-28(7-10-36)13-18-16(24(28)30)3-2-8-32-18/h2-5,8,14-15,24H,6-7,9-13,30H2,1H3,(H2,31,38)/t24-/m1/s1. The number of benzene rings is 1. The lowest BCUT2D eigenvalue weighted by Gasteiger charge is -2.42. The average molecular weight is 593 g/mol. The van der Waals surface area contributed by atoms with Crippen molar-refractivity contribution in [2.45, 2.75) is 41.8 Å². The number of ether oxygens (including phenoxy) is 1. The molecule has 4 heterocycles. The SMILES string of the molecule is COCCn1cnc2ccc(Sc3cnc(N4CCC5(CC4)Cc4ncccc4[C@H]5N)c(C(N)=O)n3)c(Cl)c2c1=O. The van der Waals surface area contributed by atoms with Gasteiger partial charge in [0, 0.05) is 43.0 Å². The quantitative estimate of drug-likeness (QED) is 0.327. The Labute approximate surface area is 245 Å². The molecule has 1 aliphatic heterocycles. The molecule has 1 saturated heterocycles. The number of nitrogens with zero attached hydrogens (tertiary/aromatic N) is 6. The minimum Gasteiger partial charge on any atom is -0.383 e. The second kappa shape index (κ2) is 11.0. The van der Waals surface area contributed by atoms with Crippen LogP contribution in [0.2, 0.25) is 5.02 Å². The Morgan fingerprint density at radius 1 is 1.22 bits per heavy atom. The number of amides is 1. The smallest absolute Gasteiger partial charge is 0.271 e. The maximum Gasteiger partial charge on any atom is 0.271 e. The summed E-state index contributed by atoms with van der Waals surface area (Å²) in [5.41, 5.74) is 14.9.